The molecule has 143 valence electrons. The number of rotatable bonds is 2. The molecule has 3 heteroatoms. The van der Waals surface area contributed by atoms with Crippen LogP contribution in [-0.2, 0) is 33.2 Å². The van der Waals surface area contributed by atoms with Gasteiger partial charge in [0.05, 0.1) is 0 Å². The number of allylic oxidation sites excluding steroid dienone is 2. The Morgan fingerprint density at radius 2 is 1.43 bits per heavy atom. The molecule has 28 heavy (non-hydrogen) atoms. The Hall–Kier alpha value is -0.690. The van der Waals surface area contributed by atoms with Crippen molar-refractivity contribution < 1.29 is 32.8 Å². The SMILES string of the molecule is CC1=Cc2ccccc2[CH]1[Zr+]([CH]1C(C)=Cc2cc3c(cc21)CCC3)=[Si](C)C.[Cl-]. The van der Waals surface area contributed by atoms with Crippen LogP contribution in [-0.4, -0.2) is 5.43 Å². The second-order valence-corrected chi connectivity index (χ2v) is 26.7. The fourth-order valence-electron chi connectivity index (χ4n) is 5.66. The topological polar surface area (TPSA) is 0 Å². The van der Waals surface area contributed by atoms with Gasteiger partial charge in [-0.15, -0.1) is 0 Å². The summed E-state index contributed by atoms with van der Waals surface area (Å²) in [7, 11) is 0. The molecular weight excluding hydrogens is 455 g/mol. The Kier molecular flexibility index (Phi) is 5.78. The van der Waals surface area contributed by atoms with Crippen LogP contribution in [0.15, 0.2) is 47.5 Å². The molecule has 2 atom stereocenters. The minimum Gasteiger partial charge on any atom is -1.00 e. The van der Waals surface area contributed by atoms with Gasteiger partial charge in [-0.1, -0.05) is 0 Å². The third-order valence-electron chi connectivity index (χ3n) is 6.79. The molecule has 0 bridgehead atoms. The summed E-state index contributed by atoms with van der Waals surface area (Å²) in [5, 5.41) is 0. The first kappa shape index (κ1) is 20.6. The van der Waals surface area contributed by atoms with Crippen molar-refractivity contribution in [1.29, 1.82) is 0 Å². The van der Waals surface area contributed by atoms with Gasteiger partial charge in [0.2, 0.25) is 0 Å². The summed E-state index contributed by atoms with van der Waals surface area (Å²) in [4.78, 5) is 0. The van der Waals surface area contributed by atoms with Gasteiger partial charge < -0.3 is 12.4 Å². The van der Waals surface area contributed by atoms with E-state index in [9.17, 15) is 0 Å². The van der Waals surface area contributed by atoms with Gasteiger partial charge in [0.1, 0.15) is 0 Å². The van der Waals surface area contributed by atoms with Gasteiger partial charge in [0, 0.05) is 0 Å². The largest absolute Gasteiger partial charge is 1.00 e. The van der Waals surface area contributed by atoms with Crippen molar-refractivity contribution in [2.75, 3.05) is 0 Å². The van der Waals surface area contributed by atoms with Crippen LogP contribution in [0.1, 0.15) is 60.9 Å². The van der Waals surface area contributed by atoms with E-state index in [1.165, 1.54) is 24.8 Å². The molecule has 0 heterocycles. The second kappa shape index (κ2) is 7.86. The van der Waals surface area contributed by atoms with Crippen molar-refractivity contribution in [3.8, 4) is 0 Å². The molecule has 2 unspecified atom stereocenters. The summed E-state index contributed by atoms with van der Waals surface area (Å²) < 4.78 is 1.57. The van der Waals surface area contributed by atoms with E-state index < -0.39 is 20.4 Å². The first-order chi connectivity index (χ1) is 13.0. The number of hydrogen-bond acceptors (Lipinski definition) is 0. The number of aryl methyl sites for hydroxylation is 2. The third kappa shape index (κ3) is 3.21. The summed E-state index contributed by atoms with van der Waals surface area (Å²) in [6.07, 6.45) is 8.98. The number of halogens is 1. The van der Waals surface area contributed by atoms with Crippen molar-refractivity contribution in [2.24, 2.45) is 0 Å². The molecule has 0 spiro atoms. The standard InChI is InChI=1S/C13H13.C10H9.C2H6Si.ClH.Zr/c1-9-5-12-7-10-3-2-4-11(10)8-13(12)6-9;1-8-6-9-4-2-3-5-10(9)7-8;1-3-2;;/h5-8H,2-4H2,1H3;2-7H,1H3;1-2H3;1H;/q;;;;+1/p-1. The van der Waals surface area contributed by atoms with Crippen molar-refractivity contribution >= 4 is 17.6 Å². The second-order valence-electron chi connectivity index (χ2n) is 8.83. The number of benzene rings is 2. The van der Waals surface area contributed by atoms with Crippen LogP contribution in [0.25, 0.3) is 12.2 Å². The first-order valence-electron chi connectivity index (χ1n) is 10.3. The molecule has 0 fully saturated rings. The van der Waals surface area contributed by atoms with Crippen molar-refractivity contribution in [2.45, 2.75) is 53.5 Å². The minimum absolute atomic E-state index is 0. The summed E-state index contributed by atoms with van der Waals surface area (Å²) in [5.74, 6) is 0. The molecule has 2 aromatic carbocycles. The fourth-order valence-corrected chi connectivity index (χ4v) is 26.4. The summed E-state index contributed by atoms with van der Waals surface area (Å²) >= 11 is -1.80. The van der Waals surface area contributed by atoms with Gasteiger partial charge in [-0.25, -0.2) is 0 Å². The smallest absolute Gasteiger partial charge is 1.00 e. The Labute approximate surface area is 183 Å². The minimum atomic E-state index is -1.80. The average Bonchev–Trinajstić information content (AvgIpc) is 3.29. The zero-order valence-corrected chi connectivity index (χ0v) is 21.5. The van der Waals surface area contributed by atoms with E-state index in [4.69, 9.17) is 0 Å². The van der Waals surface area contributed by atoms with E-state index in [2.05, 4.69) is 75.5 Å². The molecule has 3 aliphatic rings. The predicted molar refractivity (Wildman–Crippen MR) is 115 cm³/mol. The molecular formula is C25H28ClSiZr. The van der Waals surface area contributed by atoms with E-state index >= 15 is 0 Å². The normalized spacial score (nSPS) is 21.3. The molecule has 0 amide bonds. The zero-order valence-electron chi connectivity index (χ0n) is 17.3. The van der Waals surface area contributed by atoms with E-state index in [-0.39, 0.29) is 17.8 Å². The van der Waals surface area contributed by atoms with Gasteiger partial charge in [-0.3, -0.25) is 0 Å². The Morgan fingerprint density at radius 1 is 0.821 bits per heavy atom. The van der Waals surface area contributed by atoms with Crippen LogP contribution in [0.5, 0.6) is 0 Å². The van der Waals surface area contributed by atoms with Gasteiger partial charge in [-0.05, 0) is 0 Å². The van der Waals surface area contributed by atoms with Gasteiger partial charge >= 0.3 is 172 Å². The average molecular weight is 483 g/mol. The quantitative estimate of drug-likeness (QED) is 0.573. The summed E-state index contributed by atoms with van der Waals surface area (Å²) in [6.45, 7) is 10.1. The molecule has 0 nitrogen and oxygen atoms in total. The zero-order chi connectivity index (χ0) is 18.7. The van der Waals surface area contributed by atoms with Crippen LogP contribution in [0.2, 0.25) is 13.1 Å². The van der Waals surface area contributed by atoms with Crippen LogP contribution in [0, 0.1) is 0 Å². The fraction of sp³-hybridized carbons (Fsp3) is 0.360. The van der Waals surface area contributed by atoms with Crippen molar-refractivity contribution in [3.63, 3.8) is 0 Å². The summed E-state index contributed by atoms with van der Waals surface area (Å²) in [5.41, 5.74) is 12.7. The molecule has 0 aromatic heterocycles. The van der Waals surface area contributed by atoms with E-state index in [1.54, 1.807) is 39.0 Å². The monoisotopic (exact) mass is 481 g/mol. The van der Waals surface area contributed by atoms with Crippen LogP contribution in [0.4, 0.5) is 0 Å². The van der Waals surface area contributed by atoms with E-state index in [1.807, 2.05) is 0 Å². The van der Waals surface area contributed by atoms with Crippen LogP contribution >= 0.6 is 0 Å². The molecule has 2 aromatic rings. The van der Waals surface area contributed by atoms with Crippen molar-refractivity contribution in [3.05, 3.63) is 80.9 Å². The molecule has 0 N–H and O–H groups in total. The van der Waals surface area contributed by atoms with E-state index in [0.29, 0.717) is 0 Å². The van der Waals surface area contributed by atoms with E-state index in [0.717, 1.165) is 7.25 Å². The number of hydrogen-bond donors (Lipinski definition) is 0. The van der Waals surface area contributed by atoms with Gasteiger partial charge in [0.15, 0.2) is 0 Å². The Bertz CT molecular complexity index is 1060. The maximum Gasteiger partial charge on any atom is -1.00 e. The molecule has 0 saturated carbocycles. The number of fused-ring (bicyclic) bond motifs is 3. The van der Waals surface area contributed by atoms with Crippen LogP contribution in [0.3, 0.4) is 0 Å². The van der Waals surface area contributed by atoms with Crippen molar-refractivity contribution in [1.82, 2.24) is 0 Å². The predicted octanol–water partition coefficient (Wildman–Crippen LogP) is 3.66. The molecule has 0 saturated heterocycles. The molecule has 5 rings (SSSR count). The molecule has 0 aliphatic heterocycles. The van der Waals surface area contributed by atoms with Gasteiger partial charge in [0.25, 0.3) is 0 Å². The first-order valence-corrected chi connectivity index (χ1v) is 19.4. The van der Waals surface area contributed by atoms with Crippen LogP contribution < -0.4 is 12.4 Å². The Morgan fingerprint density at radius 3 is 2.14 bits per heavy atom. The summed E-state index contributed by atoms with van der Waals surface area (Å²) in [6, 6.07) is 14.4. The molecule has 0 radical (unpaired) electrons. The van der Waals surface area contributed by atoms with Gasteiger partial charge in [-0.2, -0.15) is 0 Å². The maximum absolute atomic E-state index is 2.64. The Balaban J connectivity index is 0.00000192. The maximum atomic E-state index is 2.64. The molecule has 3 aliphatic carbocycles. The third-order valence-corrected chi connectivity index (χ3v) is 26.7.